The number of esters is 2. The molecule has 1 atom stereocenters. The van der Waals surface area contributed by atoms with Crippen molar-refractivity contribution in [3.05, 3.63) is 71.9 Å². The molecule has 0 aliphatic carbocycles. The number of fused-ring (bicyclic) bond motifs is 1. The maximum Gasteiger partial charge on any atom is 0.347 e. The van der Waals surface area contributed by atoms with E-state index in [1.807, 2.05) is 62.4 Å². The lowest BCUT2D eigenvalue weighted by molar-refractivity contribution is -0.175. The minimum atomic E-state index is -1.09. The number of aromatic amines is 1. The van der Waals surface area contributed by atoms with E-state index in [0.717, 1.165) is 42.4 Å². The molecule has 1 N–H and O–H groups in total. The number of benzene rings is 3. The summed E-state index contributed by atoms with van der Waals surface area (Å²) >= 11 is 0. The Hall–Kier alpha value is -5.39. The normalized spacial score (nSPS) is 11.8. The van der Waals surface area contributed by atoms with E-state index in [9.17, 15) is 9.59 Å². The number of nitrogens with zero attached hydrogens (tertiary/aromatic N) is 5. The van der Waals surface area contributed by atoms with Crippen LogP contribution in [0, 0.1) is 5.92 Å². The van der Waals surface area contributed by atoms with E-state index in [1.54, 1.807) is 19.1 Å². The number of rotatable bonds is 16. The Bertz CT molecular complexity index is 1860. The van der Waals surface area contributed by atoms with E-state index >= 15 is 0 Å². The van der Waals surface area contributed by atoms with Gasteiger partial charge in [0.2, 0.25) is 18.0 Å². The molecular weight excluding hydrogens is 624 g/mol. The Morgan fingerprint density at radius 3 is 2.29 bits per heavy atom. The smallest absolute Gasteiger partial charge is 0.347 e. The van der Waals surface area contributed by atoms with Gasteiger partial charge in [-0.3, -0.25) is 4.79 Å². The molecule has 0 radical (unpaired) electrons. The average molecular weight is 667 g/mol. The van der Waals surface area contributed by atoms with Crippen LogP contribution in [0.4, 0.5) is 0 Å². The number of carbonyl (C=O) groups is 2. The molecule has 5 aromatic rings. The Balaban J connectivity index is 1.54. The van der Waals surface area contributed by atoms with E-state index < -0.39 is 18.2 Å². The number of aryl methyl sites for hydroxylation is 1. The molecule has 3 aromatic carbocycles. The van der Waals surface area contributed by atoms with Crippen LogP contribution in [-0.4, -0.2) is 55.4 Å². The predicted molar refractivity (Wildman–Crippen MR) is 184 cm³/mol. The first-order valence-corrected chi connectivity index (χ1v) is 16.8. The summed E-state index contributed by atoms with van der Waals surface area (Å²) in [5, 5.41) is 14.5. The number of aromatic nitrogens is 6. The van der Waals surface area contributed by atoms with Gasteiger partial charge in [0.05, 0.1) is 12.1 Å². The Labute approximate surface area is 285 Å². The molecular formula is C37H42N6O6. The van der Waals surface area contributed by atoms with Crippen molar-refractivity contribution in [2.24, 2.45) is 5.92 Å². The van der Waals surface area contributed by atoms with Gasteiger partial charge in [0.1, 0.15) is 28.3 Å². The van der Waals surface area contributed by atoms with Crippen molar-refractivity contribution in [1.29, 1.82) is 0 Å². The third-order valence-corrected chi connectivity index (χ3v) is 7.76. The Kier molecular flexibility index (Phi) is 11.9. The van der Waals surface area contributed by atoms with Crippen molar-refractivity contribution < 1.29 is 28.5 Å². The van der Waals surface area contributed by atoms with Crippen LogP contribution >= 0.6 is 0 Å². The predicted octanol–water partition coefficient (Wildman–Crippen LogP) is 7.88. The second-order valence-electron chi connectivity index (χ2n) is 11.9. The zero-order chi connectivity index (χ0) is 34.8. The van der Waals surface area contributed by atoms with Gasteiger partial charge in [0.25, 0.3) is 0 Å². The van der Waals surface area contributed by atoms with Crippen molar-refractivity contribution in [3.8, 4) is 39.9 Å². The quantitative estimate of drug-likeness (QED) is 0.0622. The number of ether oxygens (including phenoxy) is 4. The van der Waals surface area contributed by atoms with Gasteiger partial charge in [-0.2, -0.15) is 5.21 Å². The molecule has 12 nitrogen and oxygen atoms in total. The van der Waals surface area contributed by atoms with Gasteiger partial charge in [-0.15, -0.1) is 10.2 Å². The molecule has 2 heterocycles. The number of tetrazole rings is 1. The van der Waals surface area contributed by atoms with Crippen LogP contribution in [0.1, 0.15) is 82.8 Å². The molecule has 5 rings (SSSR count). The van der Waals surface area contributed by atoms with E-state index in [-0.39, 0.29) is 29.3 Å². The number of hydrogen-bond donors (Lipinski definition) is 1. The molecule has 0 saturated carbocycles. The number of nitrogens with one attached hydrogen (secondary N) is 1. The molecule has 0 aliphatic heterocycles. The van der Waals surface area contributed by atoms with Crippen LogP contribution in [0.15, 0.2) is 60.7 Å². The van der Waals surface area contributed by atoms with Crippen LogP contribution in [0.3, 0.4) is 0 Å². The van der Waals surface area contributed by atoms with Crippen LogP contribution in [0.25, 0.3) is 33.5 Å². The van der Waals surface area contributed by atoms with E-state index in [1.165, 1.54) is 0 Å². The summed E-state index contributed by atoms with van der Waals surface area (Å²) in [6.07, 6.45) is 3.21. The second-order valence-corrected chi connectivity index (χ2v) is 11.9. The minimum Gasteiger partial charge on any atom is -0.493 e. The van der Waals surface area contributed by atoms with Crippen LogP contribution < -0.4 is 9.47 Å². The van der Waals surface area contributed by atoms with Gasteiger partial charge in [-0.25, -0.2) is 14.8 Å². The van der Waals surface area contributed by atoms with Crippen molar-refractivity contribution in [2.75, 3.05) is 6.61 Å². The van der Waals surface area contributed by atoms with Gasteiger partial charge >= 0.3 is 11.9 Å². The maximum atomic E-state index is 13.9. The third kappa shape index (κ3) is 8.56. The number of carbonyl (C=O) groups excluding carboxylic acids is 2. The SMILES string of the molecule is CCCCOc1ccc2nc(CCCC)c(Oc3ccc(-c4ccccc4-c4nn[nH]n4)cc3)nc2c1C(=O)OC(OC(=O)CC)C(C)C. The molecule has 256 valence electrons. The average Bonchev–Trinajstić information content (AvgIpc) is 3.66. The minimum absolute atomic E-state index is 0.0969. The number of H-pyrrole nitrogens is 1. The summed E-state index contributed by atoms with van der Waals surface area (Å²) in [5.41, 5.74) is 4.24. The zero-order valence-corrected chi connectivity index (χ0v) is 28.6. The lowest BCUT2D eigenvalue weighted by Gasteiger charge is -2.22. The molecule has 2 aromatic heterocycles. The summed E-state index contributed by atoms with van der Waals surface area (Å²) in [4.78, 5) is 35.8. The fourth-order valence-corrected chi connectivity index (χ4v) is 5.05. The highest BCUT2D eigenvalue weighted by Crippen LogP contribution is 2.35. The monoisotopic (exact) mass is 666 g/mol. The van der Waals surface area contributed by atoms with E-state index in [2.05, 4.69) is 34.5 Å². The number of hydrogen-bond acceptors (Lipinski definition) is 11. The Morgan fingerprint density at radius 2 is 1.61 bits per heavy atom. The molecule has 49 heavy (non-hydrogen) atoms. The van der Waals surface area contributed by atoms with Gasteiger partial charge in [0, 0.05) is 17.9 Å². The molecule has 0 saturated heterocycles. The van der Waals surface area contributed by atoms with Gasteiger partial charge in [0.15, 0.2) is 0 Å². The third-order valence-electron chi connectivity index (χ3n) is 7.76. The first kappa shape index (κ1) is 34.9. The largest absolute Gasteiger partial charge is 0.493 e. The lowest BCUT2D eigenvalue weighted by atomic mass is 9.99. The molecule has 0 aliphatic rings. The van der Waals surface area contributed by atoms with Crippen LogP contribution in [0.2, 0.25) is 0 Å². The molecule has 12 heteroatoms. The highest BCUT2D eigenvalue weighted by molar-refractivity contribution is 6.04. The highest BCUT2D eigenvalue weighted by Gasteiger charge is 2.28. The van der Waals surface area contributed by atoms with Crippen LogP contribution in [-0.2, 0) is 20.7 Å². The molecule has 0 spiro atoms. The summed E-state index contributed by atoms with van der Waals surface area (Å²) in [6, 6.07) is 18.9. The zero-order valence-electron chi connectivity index (χ0n) is 28.6. The second kappa shape index (κ2) is 16.6. The standard InChI is InChI=1S/C37H42N6O6/c1-6-9-15-29-35(47-25-18-16-24(17-19-25)26-13-11-12-14-27(26)34-40-42-43-41-34)39-33-28(38-29)20-21-30(46-22-10-7-2)32(33)36(45)49-37(23(4)5)48-31(44)8-3/h11-14,16-21,23,37H,6-10,15,22H2,1-5H3,(H,40,41,42,43). The van der Waals surface area contributed by atoms with Crippen LogP contribution in [0.5, 0.6) is 17.4 Å². The van der Waals surface area contributed by atoms with Gasteiger partial charge in [-0.05, 0) is 59.9 Å². The molecule has 0 bridgehead atoms. The van der Waals surface area contributed by atoms with Gasteiger partial charge in [-0.1, -0.05) is 83.9 Å². The summed E-state index contributed by atoms with van der Waals surface area (Å²) < 4.78 is 23.7. The Morgan fingerprint density at radius 1 is 0.857 bits per heavy atom. The summed E-state index contributed by atoms with van der Waals surface area (Å²) in [5.74, 6) is 0.137. The van der Waals surface area contributed by atoms with Gasteiger partial charge < -0.3 is 18.9 Å². The van der Waals surface area contributed by atoms with E-state index in [4.69, 9.17) is 28.9 Å². The molecule has 0 amide bonds. The first-order chi connectivity index (χ1) is 23.8. The van der Waals surface area contributed by atoms with Crippen molar-refractivity contribution in [3.63, 3.8) is 0 Å². The highest BCUT2D eigenvalue weighted by atomic mass is 16.7. The van der Waals surface area contributed by atoms with Crippen molar-refractivity contribution >= 4 is 23.0 Å². The molecule has 0 fully saturated rings. The number of unbranched alkanes of at least 4 members (excludes halogenated alkanes) is 2. The topological polar surface area (TPSA) is 151 Å². The lowest BCUT2D eigenvalue weighted by Crippen LogP contribution is -2.29. The first-order valence-electron chi connectivity index (χ1n) is 16.8. The van der Waals surface area contributed by atoms with E-state index in [0.29, 0.717) is 41.6 Å². The maximum absolute atomic E-state index is 13.9. The summed E-state index contributed by atoms with van der Waals surface area (Å²) in [6.45, 7) is 9.86. The van der Waals surface area contributed by atoms with Crippen molar-refractivity contribution in [1.82, 2.24) is 30.6 Å². The summed E-state index contributed by atoms with van der Waals surface area (Å²) in [7, 11) is 0. The fourth-order valence-electron chi connectivity index (χ4n) is 5.05. The van der Waals surface area contributed by atoms with Crippen molar-refractivity contribution in [2.45, 2.75) is 79.4 Å². The molecule has 1 unspecified atom stereocenters. The fraction of sp³-hybridized carbons (Fsp3) is 0.378.